The first kappa shape index (κ1) is 21.0. The molecular weight excluding hydrogens is 386 g/mol. The molecule has 0 heterocycles. The lowest BCUT2D eigenvalue weighted by Crippen LogP contribution is -2.52. The Labute approximate surface area is 186 Å². The summed E-state index contributed by atoms with van der Waals surface area (Å²) in [4.78, 5) is 25.1. The van der Waals surface area contributed by atoms with E-state index in [1.807, 2.05) is 6.08 Å². The number of ketones is 1. The fourth-order valence-corrected chi connectivity index (χ4v) is 7.86. The lowest BCUT2D eigenvalue weighted by atomic mass is 9.54. The van der Waals surface area contributed by atoms with Crippen molar-refractivity contribution in [3.63, 3.8) is 0 Å². The van der Waals surface area contributed by atoms with Gasteiger partial charge in [0.1, 0.15) is 5.60 Å². The summed E-state index contributed by atoms with van der Waals surface area (Å²) in [5, 5.41) is 9.74. The first-order chi connectivity index (χ1) is 15.0. The number of nitriles is 1. The Kier molecular flexibility index (Phi) is 5.35. The third-order valence-corrected chi connectivity index (χ3v) is 9.62. The van der Waals surface area contributed by atoms with E-state index in [0.717, 1.165) is 70.6 Å². The van der Waals surface area contributed by atoms with Gasteiger partial charge in [0.15, 0.2) is 5.78 Å². The van der Waals surface area contributed by atoms with E-state index < -0.39 is 5.60 Å². The molecule has 0 spiro atoms. The van der Waals surface area contributed by atoms with Gasteiger partial charge < -0.3 is 4.74 Å². The zero-order valence-electron chi connectivity index (χ0n) is 18.9. The molecule has 4 atom stereocenters. The molecule has 0 aromatic heterocycles. The van der Waals surface area contributed by atoms with Crippen LogP contribution in [0.15, 0.2) is 22.8 Å². The molecule has 0 bridgehead atoms. The molecule has 0 aromatic rings. The number of rotatable bonds is 3. The van der Waals surface area contributed by atoms with Crippen LogP contribution in [-0.4, -0.2) is 17.4 Å². The molecular formula is C27H35NO3. The molecule has 0 aromatic carbocycles. The lowest BCUT2D eigenvalue weighted by Gasteiger charge is -2.52. The topological polar surface area (TPSA) is 67.2 Å². The molecule has 31 heavy (non-hydrogen) atoms. The lowest BCUT2D eigenvalue weighted by molar-refractivity contribution is -0.183. The van der Waals surface area contributed by atoms with Crippen LogP contribution >= 0.6 is 0 Å². The first-order valence-electron chi connectivity index (χ1n) is 12.5. The third-order valence-electron chi connectivity index (χ3n) is 9.62. The molecule has 5 rings (SSSR count). The SMILES string of the molecule is C[C@]12CCC3=C4CCC(=O)C=C4CCC3C1CC[C@]2(CC#N)OC(=O)C1CCCCC1. The summed E-state index contributed by atoms with van der Waals surface area (Å²) in [6.07, 6.45) is 15.0. The monoisotopic (exact) mass is 421 g/mol. The van der Waals surface area contributed by atoms with Crippen LogP contribution in [0.3, 0.4) is 0 Å². The van der Waals surface area contributed by atoms with Crippen molar-refractivity contribution in [3.05, 3.63) is 22.8 Å². The van der Waals surface area contributed by atoms with E-state index >= 15 is 0 Å². The average Bonchev–Trinajstić information content (AvgIpc) is 3.06. The van der Waals surface area contributed by atoms with E-state index in [1.165, 1.54) is 17.6 Å². The molecule has 5 aliphatic carbocycles. The number of hydrogen-bond acceptors (Lipinski definition) is 4. The number of carbonyl (C=O) groups excluding carboxylic acids is 2. The van der Waals surface area contributed by atoms with Crippen molar-refractivity contribution in [1.29, 1.82) is 5.26 Å². The molecule has 5 aliphatic rings. The van der Waals surface area contributed by atoms with E-state index in [1.54, 1.807) is 5.57 Å². The number of hydrogen-bond donors (Lipinski definition) is 0. The van der Waals surface area contributed by atoms with Crippen LogP contribution in [0.2, 0.25) is 0 Å². The van der Waals surface area contributed by atoms with Gasteiger partial charge in [-0.2, -0.15) is 5.26 Å². The first-order valence-corrected chi connectivity index (χ1v) is 12.5. The summed E-state index contributed by atoms with van der Waals surface area (Å²) in [5.41, 5.74) is 3.58. The van der Waals surface area contributed by atoms with Gasteiger partial charge >= 0.3 is 5.97 Å². The van der Waals surface area contributed by atoms with Crippen molar-refractivity contribution in [2.45, 2.75) is 102 Å². The fraction of sp³-hybridized carbons (Fsp3) is 0.741. The van der Waals surface area contributed by atoms with Crippen molar-refractivity contribution in [2.75, 3.05) is 0 Å². The van der Waals surface area contributed by atoms with Crippen LogP contribution in [0.25, 0.3) is 0 Å². The van der Waals surface area contributed by atoms with Crippen molar-refractivity contribution < 1.29 is 14.3 Å². The van der Waals surface area contributed by atoms with E-state index in [2.05, 4.69) is 13.0 Å². The zero-order valence-corrected chi connectivity index (χ0v) is 18.9. The average molecular weight is 422 g/mol. The molecule has 3 saturated carbocycles. The molecule has 166 valence electrons. The molecule has 0 amide bonds. The smallest absolute Gasteiger partial charge is 0.309 e. The van der Waals surface area contributed by atoms with Crippen molar-refractivity contribution >= 4 is 11.8 Å². The zero-order chi connectivity index (χ0) is 21.6. The van der Waals surface area contributed by atoms with E-state index in [4.69, 9.17) is 4.74 Å². The second kappa shape index (κ2) is 7.91. The van der Waals surface area contributed by atoms with Gasteiger partial charge in [-0.1, -0.05) is 31.8 Å². The van der Waals surface area contributed by atoms with Gasteiger partial charge in [-0.05, 0) is 86.8 Å². The number of esters is 1. The molecule has 2 unspecified atom stereocenters. The highest BCUT2D eigenvalue weighted by Crippen LogP contribution is 2.65. The van der Waals surface area contributed by atoms with Gasteiger partial charge in [-0.3, -0.25) is 9.59 Å². The van der Waals surface area contributed by atoms with Crippen molar-refractivity contribution in [2.24, 2.45) is 23.2 Å². The number of carbonyl (C=O) groups is 2. The minimum atomic E-state index is -0.629. The maximum atomic E-state index is 13.2. The van der Waals surface area contributed by atoms with Gasteiger partial charge in [-0.25, -0.2) is 0 Å². The van der Waals surface area contributed by atoms with Crippen LogP contribution in [-0.2, 0) is 14.3 Å². The minimum absolute atomic E-state index is 0.0235. The van der Waals surface area contributed by atoms with Gasteiger partial charge in [0.2, 0.25) is 0 Å². The Morgan fingerprint density at radius 2 is 1.90 bits per heavy atom. The molecule has 0 N–H and O–H groups in total. The number of nitrogens with zero attached hydrogens (tertiary/aromatic N) is 1. The summed E-state index contributed by atoms with van der Waals surface area (Å²) in [7, 11) is 0. The maximum absolute atomic E-state index is 13.2. The van der Waals surface area contributed by atoms with E-state index in [0.29, 0.717) is 24.7 Å². The van der Waals surface area contributed by atoms with Crippen LogP contribution in [0, 0.1) is 34.5 Å². The van der Waals surface area contributed by atoms with Gasteiger partial charge in [0.05, 0.1) is 18.4 Å². The predicted molar refractivity (Wildman–Crippen MR) is 118 cm³/mol. The van der Waals surface area contributed by atoms with Gasteiger partial charge in [0, 0.05) is 11.8 Å². The standard InChI is InChI=1S/C27H35NO3/c1-26-13-11-22-21-10-8-20(29)17-19(21)7-9-23(22)24(26)12-14-27(26,15-16-28)31-25(30)18-5-3-2-4-6-18/h17-18,23-24H,2-15H2,1H3/t23?,24?,26-,27+/m0/s1. The number of ether oxygens (including phenoxy) is 1. The normalized spacial score (nSPS) is 37.9. The second-order valence-corrected chi connectivity index (χ2v) is 10.9. The van der Waals surface area contributed by atoms with Gasteiger partial charge in [-0.15, -0.1) is 0 Å². The van der Waals surface area contributed by atoms with Crippen molar-refractivity contribution in [3.8, 4) is 6.07 Å². The van der Waals surface area contributed by atoms with Crippen LogP contribution in [0.1, 0.15) is 96.8 Å². The molecule has 4 nitrogen and oxygen atoms in total. The number of allylic oxidation sites excluding steroid dienone is 4. The molecule has 0 radical (unpaired) electrons. The summed E-state index contributed by atoms with van der Waals surface area (Å²) in [6.45, 7) is 2.31. The molecule has 0 saturated heterocycles. The highest BCUT2D eigenvalue weighted by molar-refractivity contribution is 5.93. The Morgan fingerprint density at radius 1 is 1.10 bits per heavy atom. The molecule has 4 heteroatoms. The highest BCUT2D eigenvalue weighted by atomic mass is 16.6. The maximum Gasteiger partial charge on any atom is 0.309 e. The predicted octanol–water partition coefficient (Wildman–Crippen LogP) is 5.97. The Hall–Kier alpha value is -1.89. The van der Waals surface area contributed by atoms with Crippen LogP contribution in [0.4, 0.5) is 0 Å². The number of fused-ring (bicyclic) bond motifs is 4. The van der Waals surface area contributed by atoms with E-state index in [9.17, 15) is 14.9 Å². The van der Waals surface area contributed by atoms with Crippen LogP contribution < -0.4 is 0 Å². The van der Waals surface area contributed by atoms with Crippen LogP contribution in [0.5, 0.6) is 0 Å². The summed E-state index contributed by atoms with van der Waals surface area (Å²) in [5.74, 6) is 1.25. The summed E-state index contributed by atoms with van der Waals surface area (Å²) >= 11 is 0. The molecule has 3 fully saturated rings. The fourth-order valence-electron chi connectivity index (χ4n) is 7.86. The Balaban J connectivity index is 1.44. The van der Waals surface area contributed by atoms with Crippen molar-refractivity contribution in [1.82, 2.24) is 0 Å². The largest absolute Gasteiger partial charge is 0.457 e. The van der Waals surface area contributed by atoms with Gasteiger partial charge in [0.25, 0.3) is 0 Å². The van der Waals surface area contributed by atoms with E-state index in [-0.39, 0.29) is 23.1 Å². The highest BCUT2D eigenvalue weighted by Gasteiger charge is 2.63. The third kappa shape index (κ3) is 3.31. The Morgan fingerprint density at radius 3 is 2.68 bits per heavy atom. The quantitative estimate of drug-likeness (QED) is 0.527. The Bertz CT molecular complexity index is 887. The summed E-state index contributed by atoms with van der Waals surface area (Å²) in [6, 6.07) is 2.40. The summed E-state index contributed by atoms with van der Waals surface area (Å²) < 4.78 is 6.42. The minimum Gasteiger partial charge on any atom is -0.457 e. The molecule has 0 aliphatic heterocycles. The second-order valence-electron chi connectivity index (χ2n) is 10.9.